The van der Waals surface area contributed by atoms with Gasteiger partial charge < -0.3 is 19.7 Å². The molecule has 7 heteroatoms. The summed E-state index contributed by atoms with van der Waals surface area (Å²) in [5.41, 5.74) is 0. The average molecular weight is 467 g/mol. The summed E-state index contributed by atoms with van der Waals surface area (Å²) < 4.78 is 23.9. The molecule has 32 heavy (non-hydrogen) atoms. The number of aliphatic hydroxyl groups is 2. The van der Waals surface area contributed by atoms with Crippen molar-refractivity contribution in [3.63, 3.8) is 0 Å². The molecular formula is C25H35FO5S. The van der Waals surface area contributed by atoms with Gasteiger partial charge in [0.05, 0.1) is 12.2 Å². The second-order valence-electron chi connectivity index (χ2n) is 9.07. The van der Waals surface area contributed by atoms with Gasteiger partial charge in [0.2, 0.25) is 0 Å². The number of hydrogen-bond donors (Lipinski definition) is 2. The lowest BCUT2D eigenvalue weighted by Gasteiger charge is -2.33. The standard InChI is InChI=1S/C25H35FO5S/c1-16(2)31-25(29)8-4-7-20-10-12-22-21(23(28)14-24(22)32-20)11-9-18(27)15-30-19-6-3-5-17(26)13-19/h3,5-6,9,11,13,16,18,20-24,27-28H,4,7-8,10,12,14-15H2,1-2H3/t18-,20+,21-,22-,23-,24+/m1/s1. The molecule has 1 aliphatic heterocycles. The van der Waals surface area contributed by atoms with Gasteiger partial charge in [-0.1, -0.05) is 18.2 Å². The molecule has 2 N–H and O–H groups in total. The summed E-state index contributed by atoms with van der Waals surface area (Å²) in [6.07, 6.45) is 7.49. The molecule has 1 saturated heterocycles. The van der Waals surface area contributed by atoms with Crippen molar-refractivity contribution in [1.82, 2.24) is 0 Å². The molecule has 1 aromatic carbocycles. The Morgan fingerprint density at radius 1 is 1.34 bits per heavy atom. The predicted molar refractivity (Wildman–Crippen MR) is 124 cm³/mol. The Morgan fingerprint density at radius 2 is 2.16 bits per heavy atom. The van der Waals surface area contributed by atoms with Crippen LogP contribution < -0.4 is 4.74 Å². The largest absolute Gasteiger partial charge is 0.490 e. The first kappa shape index (κ1) is 25.1. The Morgan fingerprint density at radius 3 is 2.91 bits per heavy atom. The van der Waals surface area contributed by atoms with Crippen molar-refractivity contribution in [3.05, 3.63) is 42.2 Å². The van der Waals surface area contributed by atoms with Crippen LogP contribution in [-0.4, -0.2) is 51.6 Å². The number of thioether (sulfide) groups is 1. The molecule has 0 spiro atoms. The van der Waals surface area contributed by atoms with Gasteiger partial charge in [-0.3, -0.25) is 4.79 Å². The Hall–Kier alpha value is -1.57. The number of hydrogen-bond acceptors (Lipinski definition) is 6. The van der Waals surface area contributed by atoms with Gasteiger partial charge in [-0.05, 0) is 64.0 Å². The molecule has 0 radical (unpaired) electrons. The van der Waals surface area contributed by atoms with Crippen LogP contribution in [0.2, 0.25) is 0 Å². The average Bonchev–Trinajstić information content (AvgIpc) is 3.04. The lowest BCUT2D eigenvalue weighted by atomic mass is 9.88. The van der Waals surface area contributed by atoms with Crippen molar-refractivity contribution in [2.24, 2.45) is 11.8 Å². The van der Waals surface area contributed by atoms with Gasteiger partial charge in [-0.2, -0.15) is 11.8 Å². The monoisotopic (exact) mass is 466 g/mol. The number of esters is 1. The summed E-state index contributed by atoms with van der Waals surface area (Å²) >= 11 is 1.95. The fourth-order valence-electron chi connectivity index (χ4n) is 4.66. The summed E-state index contributed by atoms with van der Waals surface area (Å²) in [6.45, 7) is 3.76. The molecule has 3 rings (SSSR count). The first-order valence-electron chi connectivity index (χ1n) is 11.6. The summed E-state index contributed by atoms with van der Waals surface area (Å²) in [5, 5.41) is 21.8. The summed E-state index contributed by atoms with van der Waals surface area (Å²) in [5.74, 6) is 0.296. The highest BCUT2D eigenvalue weighted by molar-refractivity contribution is 8.00. The minimum absolute atomic E-state index is 0.0262. The molecule has 0 amide bonds. The summed E-state index contributed by atoms with van der Waals surface area (Å²) in [7, 11) is 0. The first-order valence-corrected chi connectivity index (χ1v) is 12.5. The smallest absolute Gasteiger partial charge is 0.306 e. The van der Waals surface area contributed by atoms with Crippen LogP contribution in [0.1, 0.15) is 52.4 Å². The summed E-state index contributed by atoms with van der Waals surface area (Å²) in [4.78, 5) is 11.7. The number of aliphatic hydroxyl groups excluding tert-OH is 2. The minimum Gasteiger partial charge on any atom is -0.490 e. The molecule has 1 aliphatic carbocycles. The van der Waals surface area contributed by atoms with E-state index in [1.165, 1.54) is 12.1 Å². The molecule has 0 bridgehead atoms. The highest BCUT2D eigenvalue weighted by Crippen LogP contribution is 2.49. The lowest BCUT2D eigenvalue weighted by molar-refractivity contribution is -0.147. The second-order valence-corrected chi connectivity index (χ2v) is 10.6. The zero-order valence-corrected chi connectivity index (χ0v) is 19.7. The van der Waals surface area contributed by atoms with Crippen LogP contribution in [0.3, 0.4) is 0 Å². The molecule has 1 aromatic rings. The van der Waals surface area contributed by atoms with Crippen LogP contribution in [0.4, 0.5) is 4.39 Å². The number of benzene rings is 1. The number of rotatable bonds is 10. The highest BCUT2D eigenvalue weighted by Gasteiger charge is 2.44. The third-order valence-electron chi connectivity index (χ3n) is 6.13. The number of fused-ring (bicyclic) bond motifs is 1. The molecule has 2 aliphatic rings. The molecule has 5 nitrogen and oxygen atoms in total. The van der Waals surface area contributed by atoms with E-state index in [9.17, 15) is 19.4 Å². The number of carbonyl (C=O) groups excluding carboxylic acids is 1. The van der Waals surface area contributed by atoms with Crippen molar-refractivity contribution in [2.75, 3.05) is 6.61 Å². The topological polar surface area (TPSA) is 76.0 Å². The Bertz CT molecular complexity index is 770. The van der Waals surface area contributed by atoms with Crippen molar-refractivity contribution in [3.8, 4) is 5.75 Å². The van der Waals surface area contributed by atoms with E-state index in [-0.39, 0.29) is 30.4 Å². The summed E-state index contributed by atoms with van der Waals surface area (Å²) in [6, 6.07) is 5.83. The fourth-order valence-corrected chi connectivity index (χ4v) is 6.56. The van der Waals surface area contributed by atoms with Gasteiger partial charge in [-0.15, -0.1) is 0 Å². The number of ether oxygens (including phenoxy) is 2. The molecular weight excluding hydrogens is 431 g/mol. The normalized spacial score (nSPS) is 28.6. The van der Waals surface area contributed by atoms with Crippen LogP contribution in [0.15, 0.2) is 36.4 Å². The third-order valence-corrected chi connectivity index (χ3v) is 7.87. The molecule has 178 valence electrons. The van der Waals surface area contributed by atoms with Crippen LogP contribution in [0.25, 0.3) is 0 Å². The maximum absolute atomic E-state index is 13.2. The van der Waals surface area contributed by atoms with Gasteiger partial charge in [0, 0.05) is 28.9 Å². The molecule has 2 fully saturated rings. The van der Waals surface area contributed by atoms with Gasteiger partial charge in [0.15, 0.2) is 0 Å². The number of carbonyl (C=O) groups is 1. The zero-order valence-electron chi connectivity index (χ0n) is 18.9. The van der Waals surface area contributed by atoms with E-state index >= 15 is 0 Å². The van der Waals surface area contributed by atoms with E-state index in [0.717, 1.165) is 32.1 Å². The van der Waals surface area contributed by atoms with E-state index < -0.39 is 12.2 Å². The zero-order chi connectivity index (χ0) is 23.1. The van der Waals surface area contributed by atoms with Crippen molar-refractivity contribution in [1.29, 1.82) is 0 Å². The Balaban J connectivity index is 1.42. The molecule has 1 saturated carbocycles. The second kappa shape index (κ2) is 12.1. The third kappa shape index (κ3) is 7.49. The van der Waals surface area contributed by atoms with Crippen LogP contribution in [-0.2, 0) is 9.53 Å². The lowest BCUT2D eigenvalue weighted by Crippen LogP contribution is -2.27. The van der Waals surface area contributed by atoms with Gasteiger partial charge in [0.25, 0.3) is 0 Å². The quantitative estimate of drug-likeness (QED) is 0.391. The number of halogens is 1. The minimum atomic E-state index is -0.820. The highest BCUT2D eigenvalue weighted by atomic mass is 32.2. The van der Waals surface area contributed by atoms with E-state index in [0.29, 0.717) is 28.6 Å². The van der Waals surface area contributed by atoms with Crippen molar-refractivity contribution < 1.29 is 28.9 Å². The van der Waals surface area contributed by atoms with E-state index in [1.807, 2.05) is 31.7 Å². The van der Waals surface area contributed by atoms with Gasteiger partial charge in [0.1, 0.15) is 24.3 Å². The first-order chi connectivity index (χ1) is 15.3. The van der Waals surface area contributed by atoms with Crippen molar-refractivity contribution >= 4 is 17.7 Å². The predicted octanol–water partition coefficient (Wildman–Crippen LogP) is 4.50. The maximum atomic E-state index is 13.2. The van der Waals surface area contributed by atoms with Crippen LogP contribution >= 0.6 is 11.8 Å². The SMILES string of the molecule is CC(C)OC(=O)CCC[C@H]1CC[C@@H]2[C@@H](C=C[C@@H](O)COc3cccc(F)c3)[C@H](O)C[C@@H]2S1. The fraction of sp³-hybridized carbons (Fsp3) is 0.640. The van der Waals surface area contributed by atoms with Crippen LogP contribution in [0.5, 0.6) is 5.75 Å². The van der Waals surface area contributed by atoms with E-state index in [4.69, 9.17) is 9.47 Å². The Labute approximate surface area is 194 Å². The van der Waals surface area contributed by atoms with E-state index in [2.05, 4.69) is 0 Å². The maximum Gasteiger partial charge on any atom is 0.306 e. The van der Waals surface area contributed by atoms with Gasteiger partial charge >= 0.3 is 5.97 Å². The van der Waals surface area contributed by atoms with E-state index in [1.54, 1.807) is 18.2 Å². The molecule has 0 aromatic heterocycles. The molecule has 6 atom stereocenters. The molecule has 0 unspecified atom stereocenters. The molecule has 1 heterocycles. The Kier molecular flexibility index (Phi) is 9.44. The van der Waals surface area contributed by atoms with Crippen molar-refractivity contribution in [2.45, 2.75) is 81.2 Å². The van der Waals surface area contributed by atoms with Gasteiger partial charge in [-0.25, -0.2) is 4.39 Å². The van der Waals surface area contributed by atoms with Crippen LogP contribution in [0, 0.1) is 17.7 Å².